The van der Waals surface area contributed by atoms with Crippen molar-refractivity contribution in [2.45, 2.75) is 19.8 Å². The molecule has 0 heterocycles. The van der Waals surface area contributed by atoms with Gasteiger partial charge in [-0.15, -0.1) is 0 Å². The molecule has 0 aromatic heterocycles. The Morgan fingerprint density at radius 2 is 1.69 bits per heavy atom. The van der Waals surface area contributed by atoms with Gasteiger partial charge in [-0.2, -0.15) is 0 Å². The Morgan fingerprint density at radius 1 is 1.12 bits per heavy atom. The minimum absolute atomic E-state index is 0.0278. The Morgan fingerprint density at radius 3 is 2.12 bits per heavy atom. The minimum Gasteiger partial charge on any atom is -0.466 e. The van der Waals surface area contributed by atoms with Crippen LogP contribution in [0.5, 0.6) is 0 Å². The van der Waals surface area contributed by atoms with Gasteiger partial charge in [-0.3, -0.25) is 9.59 Å². The molecule has 6 heteroatoms. The van der Waals surface area contributed by atoms with Crippen molar-refractivity contribution in [1.82, 2.24) is 4.90 Å². The van der Waals surface area contributed by atoms with Crippen LogP contribution in [0.4, 0.5) is 0 Å². The number of rotatable bonds is 8. The third kappa shape index (κ3) is 6.36. The minimum atomic E-state index is -0.413. The molecule has 2 N–H and O–H groups in total. The number of hydrogen-bond donors (Lipinski definition) is 2. The molecular formula is C10H19NO5. The van der Waals surface area contributed by atoms with Crippen LogP contribution >= 0.6 is 0 Å². The monoisotopic (exact) mass is 233 g/mol. The fourth-order valence-electron chi connectivity index (χ4n) is 1.20. The zero-order valence-electron chi connectivity index (χ0n) is 9.52. The zero-order chi connectivity index (χ0) is 12.4. The standard InChI is InChI=1S/C10H19NO5/c1-2-16-10(15)4-3-9(14)11(5-7-12)6-8-13/h12-13H,2-8H2,1H3. The first-order valence-electron chi connectivity index (χ1n) is 5.30. The third-order valence-corrected chi connectivity index (χ3v) is 1.94. The van der Waals surface area contributed by atoms with Crippen molar-refractivity contribution < 1.29 is 24.5 Å². The molecule has 0 saturated carbocycles. The summed E-state index contributed by atoms with van der Waals surface area (Å²) in [5, 5.41) is 17.4. The summed E-state index contributed by atoms with van der Waals surface area (Å²) in [4.78, 5) is 23.8. The topological polar surface area (TPSA) is 87.1 Å². The number of hydrogen-bond acceptors (Lipinski definition) is 5. The molecule has 16 heavy (non-hydrogen) atoms. The van der Waals surface area contributed by atoms with E-state index in [0.717, 1.165) is 0 Å². The highest BCUT2D eigenvalue weighted by Gasteiger charge is 2.14. The van der Waals surface area contributed by atoms with Crippen molar-refractivity contribution in [3.05, 3.63) is 0 Å². The van der Waals surface area contributed by atoms with Gasteiger partial charge in [-0.25, -0.2) is 0 Å². The van der Waals surface area contributed by atoms with Crippen LogP contribution in [-0.2, 0) is 14.3 Å². The summed E-state index contributed by atoms with van der Waals surface area (Å²) in [5.41, 5.74) is 0. The number of aliphatic hydroxyl groups excluding tert-OH is 2. The van der Waals surface area contributed by atoms with E-state index in [-0.39, 0.29) is 45.1 Å². The maximum absolute atomic E-state index is 11.5. The third-order valence-electron chi connectivity index (χ3n) is 1.94. The molecule has 0 bridgehead atoms. The number of ether oxygens (including phenoxy) is 1. The van der Waals surface area contributed by atoms with E-state index >= 15 is 0 Å². The maximum atomic E-state index is 11.5. The molecule has 6 nitrogen and oxygen atoms in total. The first-order chi connectivity index (χ1) is 7.65. The smallest absolute Gasteiger partial charge is 0.306 e. The second kappa shape index (κ2) is 9.11. The Balaban J connectivity index is 3.94. The largest absolute Gasteiger partial charge is 0.466 e. The van der Waals surface area contributed by atoms with Crippen LogP contribution in [0, 0.1) is 0 Å². The second-order valence-electron chi connectivity index (χ2n) is 3.13. The highest BCUT2D eigenvalue weighted by molar-refractivity contribution is 5.81. The summed E-state index contributed by atoms with van der Waals surface area (Å²) >= 11 is 0. The number of carbonyl (C=O) groups is 2. The molecule has 0 aliphatic carbocycles. The van der Waals surface area contributed by atoms with E-state index in [1.807, 2.05) is 0 Å². The van der Waals surface area contributed by atoms with Crippen molar-refractivity contribution in [3.8, 4) is 0 Å². The zero-order valence-corrected chi connectivity index (χ0v) is 9.52. The van der Waals surface area contributed by atoms with Gasteiger partial charge in [-0.05, 0) is 6.92 Å². The lowest BCUT2D eigenvalue weighted by atomic mass is 10.2. The molecule has 0 fully saturated rings. The summed E-state index contributed by atoms with van der Waals surface area (Å²) < 4.78 is 4.68. The molecular weight excluding hydrogens is 214 g/mol. The van der Waals surface area contributed by atoms with Crippen LogP contribution in [0.25, 0.3) is 0 Å². The average Bonchev–Trinajstić information content (AvgIpc) is 2.26. The second-order valence-corrected chi connectivity index (χ2v) is 3.13. The van der Waals surface area contributed by atoms with Gasteiger partial charge in [-0.1, -0.05) is 0 Å². The fraction of sp³-hybridized carbons (Fsp3) is 0.800. The molecule has 0 aliphatic heterocycles. The molecule has 0 unspecified atom stereocenters. The lowest BCUT2D eigenvalue weighted by Crippen LogP contribution is -2.36. The fourth-order valence-corrected chi connectivity index (χ4v) is 1.20. The molecule has 0 saturated heterocycles. The average molecular weight is 233 g/mol. The Bertz CT molecular complexity index is 213. The summed E-state index contributed by atoms with van der Waals surface area (Å²) in [6, 6.07) is 0. The predicted molar refractivity (Wildman–Crippen MR) is 56.6 cm³/mol. The van der Waals surface area contributed by atoms with Crippen molar-refractivity contribution in [1.29, 1.82) is 0 Å². The highest BCUT2D eigenvalue weighted by atomic mass is 16.5. The maximum Gasteiger partial charge on any atom is 0.306 e. The SMILES string of the molecule is CCOC(=O)CCC(=O)N(CCO)CCO. The summed E-state index contributed by atoms with van der Waals surface area (Å²) in [6.07, 6.45) is 0.0683. The van der Waals surface area contributed by atoms with Gasteiger partial charge in [0.25, 0.3) is 0 Å². The van der Waals surface area contributed by atoms with E-state index in [2.05, 4.69) is 4.74 Å². The van der Waals surface area contributed by atoms with E-state index in [1.54, 1.807) is 6.92 Å². The van der Waals surface area contributed by atoms with Crippen molar-refractivity contribution >= 4 is 11.9 Å². The number of amides is 1. The quantitative estimate of drug-likeness (QED) is 0.533. The van der Waals surface area contributed by atoms with Gasteiger partial charge in [0.2, 0.25) is 5.91 Å². The molecule has 0 aromatic rings. The van der Waals surface area contributed by atoms with Gasteiger partial charge in [0.05, 0.1) is 26.2 Å². The van der Waals surface area contributed by atoms with E-state index in [4.69, 9.17) is 10.2 Å². The van der Waals surface area contributed by atoms with Gasteiger partial charge in [0.1, 0.15) is 0 Å². The number of aliphatic hydroxyl groups is 2. The van der Waals surface area contributed by atoms with Crippen LogP contribution in [0.15, 0.2) is 0 Å². The van der Waals surface area contributed by atoms with Crippen LogP contribution in [0.2, 0.25) is 0 Å². The Labute approximate surface area is 94.8 Å². The van der Waals surface area contributed by atoms with Gasteiger partial charge < -0.3 is 19.8 Å². The van der Waals surface area contributed by atoms with Gasteiger partial charge >= 0.3 is 5.97 Å². The molecule has 0 radical (unpaired) electrons. The van der Waals surface area contributed by atoms with E-state index in [1.165, 1.54) is 4.90 Å². The van der Waals surface area contributed by atoms with Crippen LogP contribution in [0.3, 0.4) is 0 Å². The van der Waals surface area contributed by atoms with Crippen LogP contribution < -0.4 is 0 Å². The van der Waals surface area contributed by atoms with E-state index in [9.17, 15) is 9.59 Å². The molecule has 0 rings (SSSR count). The summed E-state index contributed by atoms with van der Waals surface area (Å²) in [7, 11) is 0. The molecule has 0 atom stereocenters. The number of carbonyl (C=O) groups excluding carboxylic acids is 2. The summed E-state index contributed by atoms with van der Waals surface area (Å²) in [5.74, 6) is -0.681. The van der Waals surface area contributed by atoms with Gasteiger partial charge in [0.15, 0.2) is 0 Å². The molecule has 0 aromatic carbocycles. The number of nitrogens with zero attached hydrogens (tertiary/aromatic N) is 1. The molecule has 1 amide bonds. The first kappa shape index (κ1) is 14.9. The van der Waals surface area contributed by atoms with Crippen molar-refractivity contribution in [3.63, 3.8) is 0 Å². The number of esters is 1. The normalized spacial score (nSPS) is 9.94. The van der Waals surface area contributed by atoms with Crippen LogP contribution in [-0.4, -0.2) is 59.9 Å². The van der Waals surface area contributed by atoms with E-state index in [0.29, 0.717) is 6.61 Å². The lowest BCUT2D eigenvalue weighted by Gasteiger charge is -2.20. The predicted octanol–water partition coefficient (Wildman–Crippen LogP) is -0.857. The van der Waals surface area contributed by atoms with Crippen molar-refractivity contribution in [2.24, 2.45) is 0 Å². The summed E-state index contributed by atoms with van der Waals surface area (Å²) in [6.45, 7) is 2.01. The lowest BCUT2D eigenvalue weighted by molar-refractivity contribution is -0.145. The first-order valence-corrected chi connectivity index (χ1v) is 5.30. The molecule has 0 aliphatic rings. The van der Waals surface area contributed by atoms with Crippen molar-refractivity contribution in [2.75, 3.05) is 32.9 Å². The van der Waals surface area contributed by atoms with E-state index < -0.39 is 5.97 Å². The Kier molecular flexibility index (Phi) is 8.46. The highest BCUT2D eigenvalue weighted by Crippen LogP contribution is 1.99. The Hall–Kier alpha value is -1.14. The van der Waals surface area contributed by atoms with Crippen LogP contribution in [0.1, 0.15) is 19.8 Å². The molecule has 0 spiro atoms. The molecule has 94 valence electrons. The van der Waals surface area contributed by atoms with Gasteiger partial charge in [0, 0.05) is 19.5 Å².